The first-order valence-electron chi connectivity index (χ1n) is 10.6. The summed E-state index contributed by atoms with van der Waals surface area (Å²) in [7, 11) is 1.52. The number of benzene rings is 2. The summed E-state index contributed by atoms with van der Waals surface area (Å²) < 4.78 is 11.6. The van der Waals surface area contributed by atoms with E-state index >= 15 is 0 Å². The largest absolute Gasteiger partial charge is 0.497 e. The Morgan fingerprint density at radius 1 is 1.16 bits per heavy atom. The van der Waals surface area contributed by atoms with Gasteiger partial charge in [-0.3, -0.25) is 14.5 Å². The van der Waals surface area contributed by atoms with Gasteiger partial charge in [-0.1, -0.05) is 6.07 Å². The van der Waals surface area contributed by atoms with Crippen LogP contribution in [0.3, 0.4) is 0 Å². The van der Waals surface area contributed by atoms with Gasteiger partial charge in [-0.05, 0) is 43.3 Å². The van der Waals surface area contributed by atoms with Gasteiger partial charge in [0.2, 0.25) is 0 Å². The maximum absolute atomic E-state index is 13.0. The second kappa shape index (κ2) is 9.80. The standard InChI is InChI=1S/C23H26N4O5/c1-31-18-5-2-4-17(15-18)27-22(29)19-7-6-16(14-20(19)25-23(27)30)21(28)24-8-3-9-26-10-12-32-13-11-26/h2,4-7,14-15H,3,8-13H2,1H3,(H,24,28)(H,25,30). The Hall–Kier alpha value is -3.43. The summed E-state index contributed by atoms with van der Waals surface area (Å²) in [6.45, 7) is 4.78. The molecule has 1 fully saturated rings. The smallest absolute Gasteiger partial charge is 0.333 e. The first-order chi connectivity index (χ1) is 15.6. The summed E-state index contributed by atoms with van der Waals surface area (Å²) in [5.74, 6) is 0.293. The molecule has 9 heteroatoms. The lowest BCUT2D eigenvalue weighted by molar-refractivity contribution is 0.0374. The molecule has 1 aliphatic rings. The quantitative estimate of drug-likeness (QED) is 0.536. The number of aromatic nitrogens is 2. The van der Waals surface area contributed by atoms with Crippen LogP contribution >= 0.6 is 0 Å². The number of fused-ring (bicyclic) bond motifs is 1. The molecule has 0 bridgehead atoms. The third-order valence-corrected chi connectivity index (χ3v) is 5.51. The van der Waals surface area contributed by atoms with E-state index in [0.717, 1.165) is 43.8 Å². The molecular formula is C23H26N4O5. The van der Waals surface area contributed by atoms with Gasteiger partial charge in [0.15, 0.2) is 0 Å². The Labute approximate surface area is 184 Å². The van der Waals surface area contributed by atoms with E-state index in [9.17, 15) is 14.4 Å². The molecule has 168 valence electrons. The molecule has 1 saturated heterocycles. The number of morpholine rings is 1. The fourth-order valence-electron chi connectivity index (χ4n) is 3.77. The molecule has 0 spiro atoms. The molecular weight excluding hydrogens is 412 g/mol. The first kappa shape index (κ1) is 21.8. The van der Waals surface area contributed by atoms with Crippen LogP contribution in [0.15, 0.2) is 52.1 Å². The number of hydrogen-bond donors (Lipinski definition) is 2. The summed E-state index contributed by atoms with van der Waals surface area (Å²) in [4.78, 5) is 43.2. The lowest BCUT2D eigenvalue weighted by Gasteiger charge is -2.26. The molecule has 4 rings (SSSR count). The van der Waals surface area contributed by atoms with Gasteiger partial charge in [-0.2, -0.15) is 0 Å². The predicted molar refractivity (Wildman–Crippen MR) is 121 cm³/mol. The number of amides is 1. The molecule has 3 aromatic rings. The van der Waals surface area contributed by atoms with Crippen LogP contribution in [0, 0.1) is 0 Å². The number of nitrogens with one attached hydrogen (secondary N) is 2. The van der Waals surface area contributed by atoms with Gasteiger partial charge in [0.25, 0.3) is 11.5 Å². The van der Waals surface area contributed by atoms with Crippen molar-refractivity contribution in [1.82, 2.24) is 19.8 Å². The molecule has 2 aromatic carbocycles. The third-order valence-electron chi connectivity index (χ3n) is 5.51. The summed E-state index contributed by atoms with van der Waals surface area (Å²) in [5.41, 5.74) is 0.0612. The molecule has 32 heavy (non-hydrogen) atoms. The minimum absolute atomic E-state index is 0.244. The van der Waals surface area contributed by atoms with Crippen molar-refractivity contribution >= 4 is 16.8 Å². The maximum atomic E-state index is 13.0. The summed E-state index contributed by atoms with van der Waals surface area (Å²) in [5, 5.41) is 3.21. The number of carbonyl (C=O) groups excluding carboxylic acids is 1. The van der Waals surface area contributed by atoms with Crippen LogP contribution in [0.25, 0.3) is 16.6 Å². The van der Waals surface area contributed by atoms with Crippen LogP contribution in [-0.4, -0.2) is 66.9 Å². The van der Waals surface area contributed by atoms with Gasteiger partial charge in [0.05, 0.1) is 36.9 Å². The van der Waals surface area contributed by atoms with Gasteiger partial charge in [0, 0.05) is 31.3 Å². The molecule has 1 amide bonds. The van der Waals surface area contributed by atoms with Crippen LogP contribution in [0.4, 0.5) is 0 Å². The average Bonchev–Trinajstić information content (AvgIpc) is 2.82. The number of methoxy groups -OCH3 is 1. The van der Waals surface area contributed by atoms with Gasteiger partial charge >= 0.3 is 5.69 Å². The fraction of sp³-hybridized carbons (Fsp3) is 0.348. The molecule has 0 unspecified atom stereocenters. The van der Waals surface area contributed by atoms with Crippen LogP contribution < -0.4 is 21.3 Å². The van der Waals surface area contributed by atoms with E-state index in [2.05, 4.69) is 15.2 Å². The first-order valence-corrected chi connectivity index (χ1v) is 10.6. The Morgan fingerprint density at radius 2 is 1.97 bits per heavy atom. The van der Waals surface area contributed by atoms with E-state index in [4.69, 9.17) is 9.47 Å². The topological polar surface area (TPSA) is 106 Å². The Morgan fingerprint density at radius 3 is 2.75 bits per heavy atom. The van der Waals surface area contributed by atoms with Crippen molar-refractivity contribution in [2.24, 2.45) is 0 Å². The Balaban J connectivity index is 1.49. The number of carbonyl (C=O) groups is 1. The normalized spacial score (nSPS) is 14.4. The summed E-state index contributed by atoms with van der Waals surface area (Å²) >= 11 is 0. The second-order valence-electron chi connectivity index (χ2n) is 7.60. The zero-order valence-electron chi connectivity index (χ0n) is 17.9. The second-order valence-corrected chi connectivity index (χ2v) is 7.60. The number of H-pyrrole nitrogens is 1. The minimum Gasteiger partial charge on any atom is -0.497 e. The van der Waals surface area contributed by atoms with Crippen LogP contribution in [0.5, 0.6) is 5.75 Å². The van der Waals surface area contributed by atoms with Crippen molar-refractivity contribution in [1.29, 1.82) is 0 Å². The van der Waals surface area contributed by atoms with E-state index in [1.165, 1.54) is 13.2 Å². The van der Waals surface area contributed by atoms with E-state index in [0.29, 0.717) is 34.4 Å². The summed E-state index contributed by atoms with van der Waals surface area (Å²) in [6.07, 6.45) is 0.835. The SMILES string of the molecule is COc1cccc(-n2c(=O)[nH]c3cc(C(=O)NCCCN4CCOCC4)ccc3c2=O)c1. The molecule has 9 nitrogen and oxygen atoms in total. The molecule has 1 aliphatic heterocycles. The third kappa shape index (κ3) is 4.74. The molecule has 0 atom stereocenters. The number of rotatable bonds is 7. The van der Waals surface area contributed by atoms with Crippen LogP contribution in [-0.2, 0) is 4.74 Å². The number of hydrogen-bond acceptors (Lipinski definition) is 6. The van der Waals surface area contributed by atoms with Gasteiger partial charge in [-0.15, -0.1) is 0 Å². The van der Waals surface area contributed by atoms with Crippen molar-refractivity contribution in [2.75, 3.05) is 46.5 Å². The monoisotopic (exact) mass is 438 g/mol. The van der Waals surface area contributed by atoms with Gasteiger partial charge < -0.3 is 19.8 Å². The highest BCUT2D eigenvalue weighted by Crippen LogP contribution is 2.15. The highest BCUT2D eigenvalue weighted by Gasteiger charge is 2.14. The molecule has 0 radical (unpaired) electrons. The zero-order chi connectivity index (χ0) is 22.5. The van der Waals surface area contributed by atoms with Gasteiger partial charge in [0.1, 0.15) is 5.75 Å². The highest BCUT2D eigenvalue weighted by atomic mass is 16.5. The van der Waals surface area contributed by atoms with E-state index in [1.807, 2.05) is 0 Å². The maximum Gasteiger partial charge on any atom is 0.333 e. The number of ether oxygens (including phenoxy) is 2. The van der Waals surface area contributed by atoms with E-state index < -0.39 is 11.2 Å². The molecule has 2 heterocycles. The van der Waals surface area contributed by atoms with Crippen molar-refractivity contribution in [3.63, 3.8) is 0 Å². The van der Waals surface area contributed by atoms with Crippen molar-refractivity contribution in [2.45, 2.75) is 6.42 Å². The molecule has 0 saturated carbocycles. The average molecular weight is 438 g/mol. The highest BCUT2D eigenvalue weighted by molar-refractivity contribution is 5.97. The number of nitrogens with zero attached hydrogens (tertiary/aromatic N) is 2. The van der Waals surface area contributed by atoms with Crippen LogP contribution in [0.2, 0.25) is 0 Å². The van der Waals surface area contributed by atoms with Crippen molar-refractivity contribution in [3.05, 3.63) is 68.9 Å². The fourth-order valence-corrected chi connectivity index (χ4v) is 3.77. The Kier molecular flexibility index (Phi) is 6.67. The van der Waals surface area contributed by atoms with Gasteiger partial charge in [-0.25, -0.2) is 9.36 Å². The van der Waals surface area contributed by atoms with Crippen molar-refractivity contribution < 1.29 is 14.3 Å². The Bertz CT molecular complexity index is 1230. The molecule has 2 N–H and O–H groups in total. The molecule has 1 aromatic heterocycles. The lowest BCUT2D eigenvalue weighted by atomic mass is 10.1. The zero-order valence-corrected chi connectivity index (χ0v) is 17.9. The minimum atomic E-state index is -0.584. The van der Waals surface area contributed by atoms with Crippen LogP contribution in [0.1, 0.15) is 16.8 Å². The van der Waals surface area contributed by atoms with Crippen molar-refractivity contribution in [3.8, 4) is 11.4 Å². The molecule has 0 aliphatic carbocycles. The predicted octanol–water partition coefficient (Wildman–Crippen LogP) is 1.14. The van der Waals surface area contributed by atoms with E-state index in [1.54, 1.807) is 36.4 Å². The summed E-state index contributed by atoms with van der Waals surface area (Å²) in [6, 6.07) is 11.4. The van der Waals surface area contributed by atoms with E-state index in [-0.39, 0.29) is 5.91 Å². The number of aromatic amines is 1. The lowest BCUT2D eigenvalue weighted by Crippen LogP contribution is -2.38.